The van der Waals surface area contributed by atoms with Gasteiger partial charge in [-0.1, -0.05) is 6.07 Å². The third-order valence-corrected chi connectivity index (χ3v) is 5.38. The second kappa shape index (κ2) is 9.43. The molecule has 0 bridgehead atoms. The van der Waals surface area contributed by atoms with Crippen molar-refractivity contribution in [2.75, 3.05) is 18.1 Å². The van der Waals surface area contributed by atoms with E-state index in [1.807, 2.05) is 6.92 Å². The molecule has 34 heavy (non-hydrogen) atoms. The molecule has 1 aliphatic rings. The van der Waals surface area contributed by atoms with E-state index < -0.39 is 29.3 Å². The molecule has 1 N–H and O–H groups in total. The maximum Gasteiger partial charge on any atom is 0.300 e. The van der Waals surface area contributed by atoms with Crippen molar-refractivity contribution in [1.29, 1.82) is 0 Å². The lowest BCUT2D eigenvalue weighted by Crippen LogP contribution is -2.29. The van der Waals surface area contributed by atoms with Crippen molar-refractivity contribution in [3.05, 3.63) is 83.1 Å². The van der Waals surface area contributed by atoms with E-state index in [0.717, 1.165) is 11.0 Å². The molecule has 1 saturated heterocycles. The standard InChI is InChI=1S/C26H24FNO6/c1-4-32-18-10-11-19(21(14-18)33-5-2)24(29)22-23(20-12-9-15(3)34-20)28(26(31)25(22)30)17-8-6-7-16(27)13-17/h6-14,23,29H,4-5H2,1-3H3/b24-22-. The highest BCUT2D eigenvalue weighted by atomic mass is 19.1. The summed E-state index contributed by atoms with van der Waals surface area (Å²) in [5.41, 5.74) is 0.196. The maximum absolute atomic E-state index is 14.0. The Morgan fingerprint density at radius 1 is 1.06 bits per heavy atom. The number of amides is 1. The zero-order chi connectivity index (χ0) is 24.4. The molecule has 1 unspecified atom stereocenters. The molecule has 1 aliphatic heterocycles. The highest BCUT2D eigenvalue weighted by Crippen LogP contribution is 2.44. The van der Waals surface area contributed by atoms with Crippen molar-refractivity contribution in [1.82, 2.24) is 0 Å². The molecule has 1 fully saturated rings. The molecule has 2 aromatic carbocycles. The number of anilines is 1. The normalized spacial score (nSPS) is 17.3. The van der Waals surface area contributed by atoms with Crippen LogP contribution in [0.5, 0.6) is 11.5 Å². The Kier molecular flexibility index (Phi) is 6.40. The molecule has 8 heteroatoms. The summed E-state index contributed by atoms with van der Waals surface area (Å²) in [6.07, 6.45) is 0. The van der Waals surface area contributed by atoms with Crippen LogP contribution < -0.4 is 14.4 Å². The van der Waals surface area contributed by atoms with Gasteiger partial charge in [0, 0.05) is 11.8 Å². The number of nitrogens with zero attached hydrogens (tertiary/aromatic N) is 1. The second-order valence-corrected chi connectivity index (χ2v) is 7.62. The molecule has 1 aromatic heterocycles. The Labute approximate surface area is 196 Å². The van der Waals surface area contributed by atoms with Crippen molar-refractivity contribution in [3.8, 4) is 11.5 Å². The first-order chi connectivity index (χ1) is 16.3. The summed E-state index contributed by atoms with van der Waals surface area (Å²) < 4.78 is 31.0. The lowest BCUT2D eigenvalue weighted by Gasteiger charge is -2.23. The topological polar surface area (TPSA) is 89.2 Å². The Hall–Kier alpha value is -4.07. The number of aliphatic hydroxyl groups is 1. The van der Waals surface area contributed by atoms with E-state index in [9.17, 15) is 19.1 Å². The Balaban J connectivity index is 1.93. The number of carbonyl (C=O) groups excluding carboxylic acids is 2. The van der Waals surface area contributed by atoms with Crippen LogP contribution in [-0.4, -0.2) is 30.0 Å². The molecular formula is C26H24FNO6. The van der Waals surface area contributed by atoms with E-state index in [-0.39, 0.29) is 28.3 Å². The van der Waals surface area contributed by atoms with Crippen molar-refractivity contribution in [3.63, 3.8) is 0 Å². The van der Waals surface area contributed by atoms with Crippen LogP contribution in [0.25, 0.3) is 5.76 Å². The summed E-state index contributed by atoms with van der Waals surface area (Å²) in [4.78, 5) is 27.5. The summed E-state index contributed by atoms with van der Waals surface area (Å²) in [6, 6.07) is 12.3. The number of halogens is 1. The van der Waals surface area contributed by atoms with Gasteiger partial charge < -0.3 is 19.0 Å². The Bertz CT molecular complexity index is 1280. The quantitative estimate of drug-likeness (QED) is 0.295. The van der Waals surface area contributed by atoms with E-state index in [4.69, 9.17) is 13.9 Å². The van der Waals surface area contributed by atoms with Crippen LogP contribution in [0, 0.1) is 12.7 Å². The highest BCUT2D eigenvalue weighted by Gasteiger charge is 2.48. The number of benzene rings is 2. The van der Waals surface area contributed by atoms with Gasteiger partial charge in [0.2, 0.25) is 0 Å². The van der Waals surface area contributed by atoms with Crippen LogP contribution >= 0.6 is 0 Å². The fraction of sp³-hybridized carbons (Fsp3) is 0.231. The van der Waals surface area contributed by atoms with Crippen LogP contribution in [0.15, 0.2) is 64.6 Å². The predicted octanol–water partition coefficient (Wildman–Crippen LogP) is 5.15. The number of ketones is 1. The molecule has 0 aliphatic carbocycles. The van der Waals surface area contributed by atoms with E-state index in [1.165, 1.54) is 18.2 Å². The van der Waals surface area contributed by atoms with Gasteiger partial charge in [0.15, 0.2) is 0 Å². The van der Waals surface area contributed by atoms with Gasteiger partial charge in [-0.25, -0.2) is 4.39 Å². The van der Waals surface area contributed by atoms with Crippen LogP contribution in [-0.2, 0) is 9.59 Å². The summed E-state index contributed by atoms with van der Waals surface area (Å²) in [7, 11) is 0. The molecule has 0 spiro atoms. The lowest BCUT2D eigenvalue weighted by atomic mass is 9.98. The monoisotopic (exact) mass is 465 g/mol. The minimum absolute atomic E-state index is 0.164. The minimum Gasteiger partial charge on any atom is -0.507 e. The van der Waals surface area contributed by atoms with Gasteiger partial charge in [-0.3, -0.25) is 14.5 Å². The van der Waals surface area contributed by atoms with Gasteiger partial charge in [-0.15, -0.1) is 0 Å². The fourth-order valence-electron chi connectivity index (χ4n) is 3.97. The van der Waals surface area contributed by atoms with E-state index >= 15 is 0 Å². The van der Waals surface area contributed by atoms with Gasteiger partial charge in [0.25, 0.3) is 11.7 Å². The zero-order valence-electron chi connectivity index (χ0n) is 19.0. The molecule has 0 radical (unpaired) electrons. The first kappa shape index (κ1) is 23.1. The minimum atomic E-state index is -1.10. The number of rotatable bonds is 7. The lowest BCUT2D eigenvalue weighted by molar-refractivity contribution is -0.132. The molecule has 176 valence electrons. The van der Waals surface area contributed by atoms with Crippen LogP contribution in [0.2, 0.25) is 0 Å². The van der Waals surface area contributed by atoms with Crippen LogP contribution in [0.4, 0.5) is 10.1 Å². The molecule has 7 nitrogen and oxygen atoms in total. The second-order valence-electron chi connectivity index (χ2n) is 7.62. The SMILES string of the molecule is CCOc1ccc(/C(O)=C2/C(=O)C(=O)N(c3cccc(F)c3)C2c2ccc(C)o2)c(OCC)c1. The fourth-order valence-corrected chi connectivity index (χ4v) is 3.97. The van der Waals surface area contributed by atoms with Crippen LogP contribution in [0.1, 0.15) is 37.0 Å². The first-order valence-corrected chi connectivity index (χ1v) is 10.9. The number of aliphatic hydroxyl groups excluding tert-OH is 1. The number of carbonyl (C=O) groups is 2. The number of aryl methyl sites for hydroxylation is 1. The van der Waals surface area contributed by atoms with Crippen molar-refractivity contribution < 1.29 is 33.0 Å². The van der Waals surface area contributed by atoms with Gasteiger partial charge in [-0.2, -0.15) is 0 Å². The van der Waals surface area contributed by atoms with Crippen molar-refractivity contribution in [2.45, 2.75) is 26.8 Å². The maximum atomic E-state index is 14.0. The van der Waals surface area contributed by atoms with Crippen molar-refractivity contribution >= 4 is 23.1 Å². The molecular weight excluding hydrogens is 441 g/mol. The van der Waals surface area contributed by atoms with Gasteiger partial charge >= 0.3 is 0 Å². The Morgan fingerprint density at radius 2 is 1.82 bits per heavy atom. The summed E-state index contributed by atoms with van der Waals surface area (Å²) >= 11 is 0. The number of furan rings is 1. The summed E-state index contributed by atoms with van der Waals surface area (Å²) in [6.45, 7) is 6.08. The molecule has 1 amide bonds. The average molecular weight is 465 g/mol. The number of Topliss-reactive ketones (excluding diaryl/α,β-unsaturated/α-hetero) is 1. The Morgan fingerprint density at radius 3 is 2.47 bits per heavy atom. The largest absolute Gasteiger partial charge is 0.507 e. The smallest absolute Gasteiger partial charge is 0.300 e. The third-order valence-electron chi connectivity index (χ3n) is 5.38. The molecule has 1 atom stereocenters. The highest BCUT2D eigenvalue weighted by molar-refractivity contribution is 6.51. The van der Waals surface area contributed by atoms with E-state index in [1.54, 1.807) is 44.2 Å². The predicted molar refractivity (Wildman–Crippen MR) is 123 cm³/mol. The van der Waals surface area contributed by atoms with E-state index in [0.29, 0.717) is 24.7 Å². The number of hydrogen-bond acceptors (Lipinski definition) is 6. The van der Waals surface area contributed by atoms with Gasteiger partial charge in [0.1, 0.15) is 40.6 Å². The first-order valence-electron chi connectivity index (χ1n) is 10.9. The molecule has 4 rings (SSSR count). The molecule has 2 heterocycles. The van der Waals surface area contributed by atoms with Crippen LogP contribution in [0.3, 0.4) is 0 Å². The molecule has 3 aromatic rings. The van der Waals surface area contributed by atoms with Crippen molar-refractivity contribution in [2.24, 2.45) is 0 Å². The summed E-state index contributed by atoms with van der Waals surface area (Å²) in [5, 5.41) is 11.3. The zero-order valence-corrected chi connectivity index (χ0v) is 19.0. The van der Waals surface area contributed by atoms with E-state index in [2.05, 4.69) is 0 Å². The third kappa shape index (κ3) is 4.14. The average Bonchev–Trinajstić information content (AvgIpc) is 3.35. The van der Waals surface area contributed by atoms with Gasteiger partial charge in [-0.05, 0) is 63.2 Å². The van der Waals surface area contributed by atoms with Gasteiger partial charge in [0.05, 0.1) is 24.4 Å². The number of ether oxygens (including phenoxy) is 2. The number of hydrogen-bond donors (Lipinski definition) is 1. The summed E-state index contributed by atoms with van der Waals surface area (Å²) in [5.74, 6) is -1.20. The molecule has 0 saturated carbocycles.